The third-order valence-corrected chi connectivity index (χ3v) is 2.67. The van der Waals surface area contributed by atoms with Crippen LogP contribution >= 0.6 is 12.2 Å². The summed E-state index contributed by atoms with van der Waals surface area (Å²) in [5.74, 6) is -3.84. The maximum absolute atomic E-state index is 12.9. The maximum Gasteiger partial charge on any atom is 0.398 e. The van der Waals surface area contributed by atoms with E-state index in [1.54, 1.807) is 0 Å². The van der Waals surface area contributed by atoms with Crippen LogP contribution in [0, 0.1) is 17.2 Å². The van der Waals surface area contributed by atoms with Gasteiger partial charge in [0, 0.05) is 17.0 Å². The van der Waals surface area contributed by atoms with Crippen LogP contribution in [0.2, 0.25) is 0 Å². The molecule has 0 radical (unpaired) electrons. The van der Waals surface area contributed by atoms with Crippen molar-refractivity contribution in [1.82, 2.24) is 0 Å². The molecule has 1 aliphatic rings. The zero-order valence-electron chi connectivity index (χ0n) is 7.64. The van der Waals surface area contributed by atoms with Crippen LogP contribution in [0.5, 0.6) is 0 Å². The summed E-state index contributed by atoms with van der Waals surface area (Å²) in [5, 5.41) is 8.35. The molecule has 1 aliphatic carbocycles. The SMILES string of the molecule is N=C(C=S)C1CC=C(F)C(C(F)(F)F)C1. The lowest BCUT2D eigenvalue weighted by Crippen LogP contribution is -2.31. The van der Waals surface area contributed by atoms with Crippen molar-refractivity contribution in [1.29, 1.82) is 5.41 Å². The Morgan fingerprint density at radius 3 is 2.60 bits per heavy atom. The molecule has 0 aromatic rings. The quantitative estimate of drug-likeness (QED) is 0.445. The van der Waals surface area contributed by atoms with E-state index in [-0.39, 0.29) is 12.1 Å². The van der Waals surface area contributed by atoms with Gasteiger partial charge < -0.3 is 5.41 Å². The zero-order valence-corrected chi connectivity index (χ0v) is 8.46. The first-order valence-corrected chi connectivity index (χ1v) is 4.79. The van der Waals surface area contributed by atoms with Gasteiger partial charge in [-0.15, -0.1) is 0 Å². The van der Waals surface area contributed by atoms with Gasteiger partial charge in [0.25, 0.3) is 0 Å². The Morgan fingerprint density at radius 1 is 1.53 bits per heavy atom. The van der Waals surface area contributed by atoms with Crippen LogP contribution < -0.4 is 0 Å². The van der Waals surface area contributed by atoms with Crippen molar-refractivity contribution in [2.75, 3.05) is 0 Å². The minimum Gasteiger partial charge on any atom is -0.304 e. The number of hydrogen-bond donors (Lipinski definition) is 1. The first-order chi connectivity index (χ1) is 6.86. The average Bonchev–Trinajstić information content (AvgIpc) is 2.15. The Labute approximate surface area is 89.7 Å². The van der Waals surface area contributed by atoms with E-state index in [2.05, 4.69) is 12.2 Å². The fraction of sp³-hybridized carbons (Fsp3) is 0.556. The fourth-order valence-corrected chi connectivity index (χ4v) is 1.72. The molecule has 15 heavy (non-hydrogen) atoms. The molecule has 0 amide bonds. The van der Waals surface area contributed by atoms with E-state index in [1.165, 1.54) is 0 Å². The second kappa shape index (κ2) is 4.38. The summed E-state index contributed by atoms with van der Waals surface area (Å²) in [4.78, 5) is 0. The Bertz CT molecular complexity index is 308. The van der Waals surface area contributed by atoms with Gasteiger partial charge in [0.2, 0.25) is 0 Å². The summed E-state index contributed by atoms with van der Waals surface area (Å²) in [5.41, 5.74) is -0.0389. The normalized spacial score (nSPS) is 27.1. The zero-order chi connectivity index (χ0) is 11.6. The Hall–Kier alpha value is -0.780. The second-order valence-electron chi connectivity index (χ2n) is 3.42. The molecule has 0 heterocycles. The van der Waals surface area contributed by atoms with Gasteiger partial charge in [-0.05, 0) is 12.8 Å². The summed E-state index contributed by atoms with van der Waals surface area (Å²) in [6, 6.07) is 0. The van der Waals surface area contributed by atoms with Gasteiger partial charge in [-0.25, -0.2) is 4.39 Å². The van der Waals surface area contributed by atoms with Crippen LogP contribution in [-0.4, -0.2) is 17.3 Å². The highest BCUT2D eigenvalue weighted by Gasteiger charge is 2.45. The topological polar surface area (TPSA) is 23.9 Å². The van der Waals surface area contributed by atoms with E-state index in [0.717, 1.165) is 11.4 Å². The highest BCUT2D eigenvalue weighted by atomic mass is 32.1. The molecule has 84 valence electrons. The molecule has 1 N–H and O–H groups in total. The number of thiocarbonyl (C=S) groups is 1. The highest BCUT2D eigenvalue weighted by molar-refractivity contribution is 7.80. The average molecular weight is 239 g/mol. The lowest BCUT2D eigenvalue weighted by atomic mass is 9.83. The predicted molar refractivity (Wildman–Crippen MR) is 52.8 cm³/mol. The van der Waals surface area contributed by atoms with E-state index in [1.807, 2.05) is 0 Å². The molecule has 0 saturated carbocycles. The van der Waals surface area contributed by atoms with Crippen molar-refractivity contribution >= 4 is 23.3 Å². The molecule has 0 saturated heterocycles. The second-order valence-corrected chi connectivity index (χ2v) is 3.66. The molecule has 0 fully saturated rings. The van der Waals surface area contributed by atoms with Gasteiger partial charge in [0.05, 0.1) is 0 Å². The van der Waals surface area contributed by atoms with Crippen LogP contribution in [0.25, 0.3) is 0 Å². The molecular weight excluding hydrogens is 230 g/mol. The van der Waals surface area contributed by atoms with Crippen molar-refractivity contribution in [3.8, 4) is 0 Å². The molecular formula is C9H9F4NS. The minimum atomic E-state index is -4.58. The Morgan fingerprint density at radius 2 is 2.13 bits per heavy atom. The number of rotatable bonds is 2. The lowest BCUT2D eigenvalue weighted by molar-refractivity contribution is -0.172. The molecule has 0 aromatic heterocycles. The largest absolute Gasteiger partial charge is 0.398 e. The number of hydrogen-bond acceptors (Lipinski definition) is 2. The van der Waals surface area contributed by atoms with Crippen LogP contribution in [0.1, 0.15) is 12.8 Å². The van der Waals surface area contributed by atoms with Crippen LogP contribution in [-0.2, 0) is 0 Å². The van der Waals surface area contributed by atoms with Crippen LogP contribution in [0.4, 0.5) is 17.6 Å². The molecule has 2 atom stereocenters. The van der Waals surface area contributed by atoms with Gasteiger partial charge in [0.1, 0.15) is 11.7 Å². The van der Waals surface area contributed by atoms with Gasteiger partial charge in [-0.2, -0.15) is 13.2 Å². The van der Waals surface area contributed by atoms with Crippen LogP contribution in [0.15, 0.2) is 11.9 Å². The molecule has 1 rings (SSSR count). The van der Waals surface area contributed by atoms with Crippen molar-refractivity contribution in [2.24, 2.45) is 11.8 Å². The maximum atomic E-state index is 12.9. The molecule has 2 unspecified atom stereocenters. The molecule has 0 spiro atoms. The number of halogens is 4. The summed E-state index contributed by atoms with van der Waals surface area (Å²) < 4.78 is 50.0. The Balaban J connectivity index is 2.84. The van der Waals surface area contributed by atoms with Crippen LogP contribution in [0.3, 0.4) is 0 Å². The molecule has 6 heteroatoms. The monoisotopic (exact) mass is 239 g/mol. The first-order valence-electron chi connectivity index (χ1n) is 4.32. The summed E-state index contributed by atoms with van der Waals surface area (Å²) >= 11 is 4.47. The Kier molecular flexibility index (Phi) is 3.59. The van der Waals surface area contributed by atoms with E-state index in [0.29, 0.717) is 0 Å². The first kappa shape index (κ1) is 12.3. The third-order valence-electron chi connectivity index (χ3n) is 2.41. The summed E-state index contributed by atoms with van der Waals surface area (Å²) in [7, 11) is 0. The molecule has 1 nitrogen and oxygen atoms in total. The predicted octanol–water partition coefficient (Wildman–Crippen LogP) is 3.45. The fourth-order valence-electron chi connectivity index (χ4n) is 1.53. The van der Waals surface area contributed by atoms with Crippen molar-refractivity contribution < 1.29 is 17.6 Å². The molecule has 0 aromatic carbocycles. The van der Waals surface area contributed by atoms with Crippen molar-refractivity contribution in [2.45, 2.75) is 19.0 Å². The van der Waals surface area contributed by atoms with Gasteiger partial charge >= 0.3 is 6.18 Å². The number of alkyl halides is 3. The summed E-state index contributed by atoms with van der Waals surface area (Å²) in [6.45, 7) is 0. The smallest absolute Gasteiger partial charge is 0.304 e. The van der Waals surface area contributed by atoms with Gasteiger partial charge in [-0.1, -0.05) is 18.3 Å². The van der Waals surface area contributed by atoms with E-state index >= 15 is 0 Å². The van der Waals surface area contributed by atoms with Crippen molar-refractivity contribution in [3.63, 3.8) is 0 Å². The lowest BCUT2D eigenvalue weighted by Gasteiger charge is -2.27. The standard InChI is InChI=1S/C9H9F4NS/c10-7-2-1-5(8(14)4-15)3-6(7)9(11,12)13/h2,4-6,14H,1,3H2. The molecule has 0 aliphatic heterocycles. The van der Waals surface area contributed by atoms with E-state index in [4.69, 9.17) is 5.41 Å². The van der Waals surface area contributed by atoms with E-state index < -0.39 is 30.3 Å². The number of nitrogens with one attached hydrogen (secondary N) is 1. The van der Waals surface area contributed by atoms with Gasteiger partial charge in [-0.3, -0.25) is 0 Å². The van der Waals surface area contributed by atoms with E-state index in [9.17, 15) is 17.6 Å². The molecule has 0 bridgehead atoms. The minimum absolute atomic E-state index is 0.0389. The van der Waals surface area contributed by atoms with Gasteiger partial charge in [0.15, 0.2) is 0 Å². The van der Waals surface area contributed by atoms with Crippen molar-refractivity contribution in [3.05, 3.63) is 11.9 Å². The number of allylic oxidation sites excluding steroid dienone is 2. The highest BCUT2D eigenvalue weighted by Crippen LogP contribution is 2.41. The summed E-state index contributed by atoms with van der Waals surface area (Å²) in [6.07, 6.45) is -3.98. The third kappa shape index (κ3) is 2.84.